The van der Waals surface area contributed by atoms with Crippen molar-refractivity contribution in [3.63, 3.8) is 0 Å². The zero-order chi connectivity index (χ0) is 19.8. The Bertz CT molecular complexity index is 661. The molecule has 1 fully saturated rings. The minimum Gasteiger partial charge on any atom is -0.355 e. The molecule has 1 aliphatic heterocycles. The molecule has 1 saturated heterocycles. The lowest BCUT2D eigenvalue weighted by atomic mass is 10.2. The van der Waals surface area contributed by atoms with Crippen LogP contribution in [-0.2, 0) is 9.59 Å². The first-order chi connectivity index (χ1) is 12.9. The molecular weight excluding hydrogens is 386 g/mol. The number of thioether (sulfide) groups is 1. The van der Waals surface area contributed by atoms with Crippen molar-refractivity contribution >= 4 is 41.0 Å². The first kappa shape index (κ1) is 21.8. The van der Waals surface area contributed by atoms with Crippen molar-refractivity contribution in [1.29, 1.82) is 0 Å². The average molecular weight is 414 g/mol. The molecule has 1 atom stereocenters. The van der Waals surface area contributed by atoms with Gasteiger partial charge in [-0.05, 0) is 13.3 Å². The fourth-order valence-corrected chi connectivity index (χ4v) is 3.94. The van der Waals surface area contributed by atoms with Gasteiger partial charge in [0.1, 0.15) is 11.0 Å². The molecule has 150 valence electrons. The zero-order valence-electron chi connectivity index (χ0n) is 16.2. The minimum atomic E-state index is -0.0232. The normalized spacial score (nSPS) is 17.1. The van der Waals surface area contributed by atoms with Gasteiger partial charge in [0.2, 0.25) is 11.8 Å². The van der Waals surface area contributed by atoms with E-state index >= 15 is 0 Å². The zero-order valence-corrected chi connectivity index (χ0v) is 17.8. The van der Waals surface area contributed by atoms with Crippen molar-refractivity contribution in [1.82, 2.24) is 20.2 Å². The Labute approximate surface area is 170 Å². The van der Waals surface area contributed by atoms with Gasteiger partial charge in [-0.2, -0.15) is 0 Å². The number of rotatable bonds is 8. The van der Waals surface area contributed by atoms with Crippen LogP contribution in [0.2, 0.25) is 5.15 Å². The highest BCUT2D eigenvalue weighted by molar-refractivity contribution is 7.99. The summed E-state index contributed by atoms with van der Waals surface area (Å²) in [4.78, 5) is 36.3. The van der Waals surface area contributed by atoms with Gasteiger partial charge in [0, 0.05) is 45.2 Å². The van der Waals surface area contributed by atoms with Crippen LogP contribution < -0.4 is 10.2 Å². The molecule has 0 aromatic carbocycles. The largest absolute Gasteiger partial charge is 0.355 e. The number of hydrogen-bond acceptors (Lipinski definition) is 6. The van der Waals surface area contributed by atoms with E-state index in [1.807, 2.05) is 11.8 Å². The van der Waals surface area contributed by atoms with E-state index in [1.54, 1.807) is 13.0 Å². The van der Waals surface area contributed by atoms with Crippen molar-refractivity contribution in [2.75, 3.05) is 36.8 Å². The molecule has 1 aromatic heterocycles. The maximum atomic E-state index is 11.9. The van der Waals surface area contributed by atoms with Gasteiger partial charge in [0.05, 0.1) is 5.75 Å². The van der Waals surface area contributed by atoms with E-state index in [0.717, 1.165) is 25.1 Å². The molecule has 0 radical (unpaired) electrons. The topological polar surface area (TPSA) is 78.4 Å². The maximum absolute atomic E-state index is 11.9. The number of nitrogens with zero attached hydrogens (tertiary/aromatic N) is 4. The second kappa shape index (κ2) is 10.7. The Morgan fingerprint density at radius 1 is 1.33 bits per heavy atom. The molecule has 7 nitrogen and oxygen atoms in total. The van der Waals surface area contributed by atoms with Gasteiger partial charge in [-0.1, -0.05) is 43.1 Å². The van der Waals surface area contributed by atoms with E-state index in [0.29, 0.717) is 36.5 Å². The third-order valence-corrected chi connectivity index (χ3v) is 5.49. The number of amides is 2. The Hall–Kier alpha value is -1.54. The van der Waals surface area contributed by atoms with Crippen LogP contribution in [0.4, 0.5) is 5.82 Å². The van der Waals surface area contributed by atoms with Gasteiger partial charge < -0.3 is 15.1 Å². The van der Waals surface area contributed by atoms with Crippen LogP contribution in [0.15, 0.2) is 11.2 Å². The summed E-state index contributed by atoms with van der Waals surface area (Å²) in [5, 5.41) is 3.75. The van der Waals surface area contributed by atoms with Crippen LogP contribution in [-0.4, -0.2) is 64.7 Å². The third kappa shape index (κ3) is 6.84. The van der Waals surface area contributed by atoms with Gasteiger partial charge >= 0.3 is 0 Å². The molecule has 1 aliphatic rings. The number of carbonyl (C=O) groups excluding carboxylic acids is 2. The van der Waals surface area contributed by atoms with Crippen LogP contribution in [0.25, 0.3) is 0 Å². The standard InChI is InChI=1S/C18H28ClN5O2S/c1-4-5-6-7-20-17(26)12-27-18-21-15(19)10-16(22-18)23-8-9-24(14(3)25)13(2)11-23/h10,13H,4-9,11-12H2,1-3H3,(H,20,26)/t13-/m0/s1. The van der Waals surface area contributed by atoms with Gasteiger partial charge in [0.25, 0.3) is 0 Å². The number of hydrogen-bond donors (Lipinski definition) is 1. The minimum absolute atomic E-state index is 0.0232. The van der Waals surface area contributed by atoms with E-state index in [-0.39, 0.29) is 23.6 Å². The van der Waals surface area contributed by atoms with Gasteiger partial charge in [-0.15, -0.1) is 0 Å². The number of aromatic nitrogens is 2. The average Bonchev–Trinajstić information content (AvgIpc) is 2.62. The third-order valence-electron chi connectivity index (χ3n) is 4.45. The molecule has 27 heavy (non-hydrogen) atoms. The molecular formula is C18H28ClN5O2S. The fraction of sp³-hybridized carbons (Fsp3) is 0.667. The smallest absolute Gasteiger partial charge is 0.230 e. The predicted molar refractivity (Wildman–Crippen MR) is 109 cm³/mol. The Kier molecular flexibility index (Phi) is 8.63. The Balaban J connectivity index is 1.92. The highest BCUT2D eigenvalue weighted by Gasteiger charge is 2.26. The Morgan fingerprint density at radius 2 is 2.11 bits per heavy atom. The van der Waals surface area contributed by atoms with Gasteiger partial charge in [-0.3, -0.25) is 9.59 Å². The summed E-state index contributed by atoms with van der Waals surface area (Å²) < 4.78 is 0. The number of anilines is 1. The van der Waals surface area contributed by atoms with Crippen LogP contribution in [0.1, 0.15) is 40.0 Å². The summed E-state index contributed by atoms with van der Waals surface area (Å²) in [6, 6.07) is 1.84. The van der Waals surface area contributed by atoms with E-state index < -0.39 is 0 Å². The van der Waals surface area contributed by atoms with Crippen LogP contribution in [0.3, 0.4) is 0 Å². The number of piperazine rings is 1. The first-order valence-electron chi connectivity index (χ1n) is 9.37. The summed E-state index contributed by atoms with van der Waals surface area (Å²) in [5.41, 5.74) is 0. The molecule has 1 aromatic rings. The quantitative estimate of drug-likeness (QED) is 0.305. The molecule has 2 heterocycles. The molecule has 2 amide bonds. The molecule has 0 bridgehead atoms. The highest BCUT2D eigenvalue weighted by Crippen LogP contribution is 2.24. The molecule has 0 spiro atoms. The van der Waals surface area contributed by atoms with Crippen molar-refractivity contribution in [3.05, 3.63) is 11.2 Å². The van der Waals surface area contributed by atoms with Crippen molar-refractivity contribution in [2.45, 2.75) is 51.2 Å². The maximum Gasteiger partial charge on any atom is 0.230 e. The summed E-state index contributed by atoms with van der Waals surface area (Å²) in [5.74, 6) is 1.06. The summed E-state index contributed by atoms with van der Waals surface area (Å²) in [7, 11) is 0. The van der Waals surface area contributed by atoms with Crippen LogP contribution in [0.5, 0.6) is 0 Å². The second-order valence-corrected chi connectivity index (χ2v) is 8.01. The van der Waals surface area contributed by atoms with Gasteiger partial charge in [0.15, 0.2) is 5.16 Å². The number of carbonyl (C=O) groups is 2. The Morgan fingerprint density at radius 3 is 2.78 bits per heavy atom. The van der Waals surface area contributed by atoms with Crippen molar-refractivity contribution in [3.8, 4) is 0 Å². The summed E-state index contributed by atoms with van der Waals surface area (Å²) >= 11 is 7.44. The summed E-state index contributed by atoms with van der Waals surface area (Å²) in [6.07, 6.45) is 3.24. The lowest BCUT2D eigenvalue weighted by Crippen LogP contribution is -2.53. The van der Waals surface area contributed by atoms with Gasteiger partial charge in [-0.25, -0.2) is 9.97 Å². The SMILES string of the molecule is CCCCCNC(=O)CSc1nc(Cl)cc(N2CCN(C(C)=O)[C@@H](C)C2)n1. The monoisotopic (exact) mass is 413 g/mol. The molecule has 0 saturated carbocycles. The van der Waals surface area contributed by atoms with E-state index in [4.69, 9.17) is 11.6 Å². The first-order valence-corrected chi connectivity index (χ1v) is 10.7. The molecule has 0 aliphatic carbocycles. The second-order valence-electron chi connectivity index (χ2n) is 6.68. The van der Waals surface area contributed by atoms with E-state index in [1.165, 1.54) is 11.8 Å². The number of halogens is 1. The van der Waals surface area contributed by atoms with Crippen LogP contribution >= 0.6 is 23.4 Å². The fourth-order valence-electron chi connectivity index (χ4n) is 3.03. The van der Waals surface area contributed by atoms with E-state index in [9.17, 15) is 9.59 Å². The lowest BCUT2D eigenvalue weighted by molar-refractivity contribution is -0.131. The lowest BCUT2D eigenvalue weighted by Gasteiger charge is -2.40. The highest BCUT2D eigenvalue weighted by atomic mass is 35.5. The predicted octanol–water partition coefficient (Wildman–Crippen LogP) is 2.59. The van der Waals surface area contributed by atoms with Crippen molar-refractivity contribution < 1.29 is 9.59 Å². The van der Waals surface area contributed by atoms with Crippen LogP contribution in [0, 0.1) is 0 Å². The van der Waals surface area contributed by atoms with E-state index in [2.05, 4.69) is 27.1 Å². The molecule has 1 N–H and O–H groups in total. The summed E-state index contributed by atoms with van der Waals surface area (Å²) in [6.45, 7) is 8.49. The number of unbranched alkanes of at least 4 members (excludes halogenated alkanes) is 2. The van der Waals surface area contributed by atoms with Crippen molar-refractivity contribution in [2.24, 2.45) is 0 Å². The number of nitrogens with one attached hydrogen (secondary N) is 1. The molecule has 9 heteroatoms. The molecule has 0 unspecified atom stereocenters. The molecule has 2 rings (SSSR count).